The van der Waals surface area contributed by atoms with Crippen LogP contribution >= 0.6 is 11.6 Å². The van der Waals surface area contributed by atoms with Crippen LogP contribution in [0.4, 0.5) is 11.5 Å². The third-order valence-electron chi connectivity index (χ3n) is 5.72. The Morgan fingerprint density at radius 3 is 2.59 bits per heavy atom. The maximum atomic E-state index is 8.89. The Kier molecular flexibility index (Phi) is 8.00. The first kappa shape index (κ1) is 25.7. The van der Waals surface area contributed by atoms with E-state index in [0.29, 0.717) is 23.1 Å². The number of aliphatic carboxylic acids is 1. The van der Waals surface area contributed by atoms with E-state index >= 15 is 0 Å². The Bertz CT molecular complexity index is 1470. The molecule has 2 aromatic carbocycles. The van der Waals surface area contributed by atoms with Crippen LogP contribution in [0, 0.1) is 0 Å². The first-order chi connectivity index (χ1) is 17.9. The minimum absolute atomic E-state index is 0.488. The van der Waals surface area contributed by atoms with E-state index in [-0.39, 0.29) is 0 Å². The number of methoxy groups -OCH3 is 1. The second kappa shape index (κ2) is 11.5. The maximum Gasteiger partial charge on any atom is 0.223 e. The predicted molar refractivity (Wildman–Crippen MR) is 142 cm³/mol. The maximum absolute atomic E-state index is 8.89. The lowest BCUT2D eigenvalue weighted by Crippen LogP contribution is -2.33. The molecule has 0 saturated heterocycles. The number of pyridine rings is 1. The number of carbonyl (C=O) groups is 1. The van der Waals surface area contributed by atoms with Gasteiger partial charge in [0.25, 0.3) is 0 Å². The Morgan fingerprint density at radius 2 is 1.89 bits per heavy atom. The molecule has 0 spiro atoms. The lowest BCUT2D eigenvalue weighted by molar-refractivity contribution is -0.582. The molecule has 1 aliphatic rings. The second-order valence-electron chi connectivity index (χ2n) is 8.25. The van der Waals surface area contributed by atoms with Gasteiger partial charge in [0.2, 0.25) is 5.70 Å². The molecule has 0 unspecified atom stereocenters. The summed E-state index contributed by atoms with van der Waals surface area (Å²) in [5, 5.41) is 14.0. The summed E-state index contributed by atoms with van der Waals surface area (Å²) in [6.07, 6.45) is 6.43. The number of allylic oxidation sites excluding steroid dienone is 1. The van der Waals surface area contributed by atoms with Gasteiger partial charge in [-0.05, 0) is 42.8 Å². The van der Waals surface area contributed by atoms with Gasteiger partial charge in [0.15, 0.2) is 11.9 Å². The highest BCUT2D eigenvalue weighted by atomic mass is 35.5. The third-order valence-corrected chi connectivity index (χ3v) is 6.09. The number of fused-ring (bicyclic) bond motifs is 1. The van der Waals surface area contributed by atoms with Crippen molar-refractivity contribution in [2.45, 2.75) is 19.9 Å². The van der Waals surface area contributed by atoms with Gasteiger partial charge in [-0.15, -0.1) is 0 Å². The molecular weight excluding hydrogens is 490 g/mol. The summed E-state index contributed by atoms with van der Waals surface area (Å²) in [5.41, 5.74) is 12.4. The van der Waals surface area contributed by atoms with Gasteiger partial charge in [-0.25, -0.2) is 4.68 Å². The van der Waals surface area contributed by atoms with Crippen molar-refractivity contribution >= 4 is 41.0 Å². The van der Waals surface area contributed by atoms with Crippen LogP contribution in [0.2, 0.25) is 5.02 Å². The van der Waals surface area contributed by atoms with Crippen molar-refractivity contribution in [2.75, 3.05) is 12.8 Å². The van der Waals surface area contributed by atoms with Crippen molar-refractivity contribution in [2.24, 2.45) is 4.99 Å². The molecule has 188 valence electrons. The lowest BCUT2D eigenvalue weighted by atomic mass is 10.1. The van der Waals surface area contributed by atoms with E-state index in [1.54, 1.807) is 18.0 Å². The minimum atomic E-state index is -1.08. The molecule has 5 rings (SSSR count). The number of anilines is 1. The largest absolute Gasteiger partial charge is 0.550 e. The quantitative estimate of drug-likeness (QED) is 0.312. The average Bonchev–Trinajstić information content (AvgIpc) is 3.43. The number of benzene rings is 2. The summed E-state index contributed by atoms with van der Waals surface area (Å²) >= 11 is 6.29. The van der Waals surface area contributed by atoms with Gasteiger partial charge >= 0.3 is 0 Å². The number of hydrogen-bond donors (Lipinski definition) is 1. The Hall–Kier alpha value is -4.43. The summed E-state index contributed by atoms with van der Waals surface area (Å²) in [6.45, 7) is 1.46. The number of rotatable bonds is 6. The number of nitrogen functional groups attached to an aromatic ring is 1. The number of nitrogens with two attached hydrogens (primary N) is 1. The number of aromatic nitrogens is 3. The molecule has 0 radical (unpaired) electrons. The van der Waals surface area contributed by atoms with Gasteiger partial charge in [0, 0.05) is 34.9 Å². The number of carboxylic acid groups (broad SMARTS) is 1. The summed E-state index contributed by atoms with van der Waals surface area (Å²) in [7, 11) is 1.67. The number of aliphatic imine (C=N–C) groups is 1. The first-order valence-corrected chi connectivity index (χ1v) is 11.9. The highest BCUT2D eigenvalue weighted by molar-refractivity contribution is 6.31. The zero-order valence-electron chi connectivity index (χ0n) is 20.5. The summed E-state index contributed by atoms with van der Waals surface area (Å²) in [4.78, 5) is 13.6. The van der Waals surface area contributed by atoms with Crippen LogP contribution in [0.1, 0.15) is 23.7 Å². The molecule has 0 atom stereocenters. The number of carboxylic acids is 1. The SMILES string of the molecule is CC(=O)[O-].COc1ccc(C2=C(/C=N/c3cnn(Cc4ccccc4Cl)c3N)Cc3cccc[n+]32)cc1. The van der Waals surface area contributed by atoms with Crippen molar-refractivity contribution < 1.29 is 19.2 Å². The highest BCUT2D eigenvalue weighted by Gasteiger charge is 2.30. The smallest absolute Gasteiger partial charge is 0.223 e. The van der Waals surface area contributed by atoms with Gasteiger partial charge < -0.3 is 20.4 Å². The number of halogens is 1. The van der Waals surface area contributed by atoms with E-state index in [2.05, 4.69) is 34.1 Å². The summed E-state index contributed by atoms with van der Waals surface area (Å²) < 4.78 is 9.23. The number of nitrogens with zero attached hydrogens (tertiary/aromatic N) is 4. The highest BCUT2D eigenvalue weighted by Crippen LogP contribution is 2.28. The molecule has 1 aliphatic heterocycles. The van der Waals surface area contributed by atoms with E-state index in [0.717, 1.165) is 41.5 Å². The van der Waals surface area contributed by atoms with Crippen molar-refractivity contribution in [3.8, 4) is 5.75 Å². The fourth-order valence-corrected chi connectivity index (χ4v) is 4.20. The van der Waals surface area contributed by atoms with Gasteiger partial charge in [-0.1, -0.05) is 35.9 Å². The van der Waals surface area contributed by atoms with Crippen LogP contribution < -0.4 is 20.1 Å². The van der Waals surface area contributed by atoms with Crippen molar-refractivity contribution in [1.82, 2.24) is 9.78 Å². The third kappa shape index (κ3) is 6.05. The molecule has 0 bridgehead atoms. The molecular formula is C28H26ClN5O3. The molecule has 4 aromatic rings. The summed E-state index contributed by atoms with van der Waals surface area (Å²) in [5.74, 6) is 0.241. The zero-order valence-corrected chi connectivity index (χ0v) is 21.2. The molecule has 0 aliphatic carbocycles. The fourth-order valence-electron chi connectivity index (χ4n) is 4.00. The Balaban J connectivity index is 0.000000747. The van der Waals surface area contributed by atoms with Gasteiger partial charge in [-0.2, -0.15) is 9.67 Å². The average molecular weight is 516 g/mol. The normalized spacial score (nSPS) is 12.3. The van der Waals surface area contributed by atoms with Crippen molar-refractivity contribution in [3.05, 3.63) is 107 Å². The van der Waals surface area contributed by atoms with Crippen LogP contribution in [0.15, 0.2) is 89.7 Å². The van der Waals surface area contributed by atoms with E-state index in [1.165, 1.54) is 5.69 Å². The molecule has 0 fully saturated rings. The zero-order chi connectivity index (χ0) is 26.4. The number of hydrogen-bond acceptors (Lipinski definition) is 6. The molecule has 2 aromatic heterocycles. The van der Waals surface area contributed by atoms with Crippen LogP contribution in [0.3, 0.4) is 0 Å². The first-order valence-electron chi connectivity index (χ1n) is 11.5. The van der Waals surface area contributed by atoms with E-state index in [9.17, 15) is 0 Å². The molecule has 37 heavy (non-hydrogen) atoms. The monoisotopic (exact) mass is 515 g/mol. The molecule has 2 N–H and O–H groups in total. The van der Waals surface area contributed by atoms with E-state index in [1.807, 2.05) is 54.7 Å². The van der Waals surface area contributed by atoms with Gasteiger partial charge in [-0.3, -0.25) is 4.99 Å². The molecule has 8 nitrogen and oxygen atoms in total. The Morgan fingerprint density at radius 1 is 1.19 bits per heavy atom. The molecule has 9 heteroatoms. The second-order valence-corrected chi connectivity index (χ2v) is 8.66. The minimum Gasteiger partial charge on any atom is -0.550 e. The van der Waals surface area contributed by atoms with Crippen LogP contribution in [-0.2, 0) is 17.8 Å². The fraction of sp³-hybridized carbons (Fsp3) is 0.143. The van der Waals surface area contributed by atoms with E-state index < -0.39 is 5.97 Å². The predicted octanol–water partition coefficient (Wildman–Crippen LogP) is 3.44. The standard InChI is InChI=1S/C26H23ClN5O.C2H4O2/c1-33-22-11-9-18(10-12-22)25-20(14-21-7-4-5-13-31(21)25)15-29-24-16-30-32(26(24)28)17-19-6-2-3-8-23(19)27;1-2(3)4/h2-13,15-16H,14,17,28H2,1H3;1H3,(H,3,4)/q+1;/p-1/b29-15+;. The molecule has 0 amide bonds. The van der Waals surface area contributed by atoms with Crippen LogP contribution in [0.5, 0.6) is 5.75 Å². The summed E-state index contributed by atoms with van der Waals surface area (Å²) in [6, 6.07) is 21.9. The lowest BCUT2D eigenvalue weighted by Gasteiger charge is -2.06. The molecule has 0 saturated carbocycles. The van der Waals surface area contributed by atoms with Crippen molar-refractivity contribution in [3.63, 3.8) is 0 Å². The molecule has 3 heterocycles. The van der Waals surface area contributed by atoms with Gasteiger partial charge in [0.1, 0.15) is 17.3 Å². The van der Waals surface area contributed by atoms with Crippen molar-refractivity contribution in [1.29, 1.82) is 0 Å². The van der Waals surface area contributed by atoms with Gasteiger partial charge in [0.05, 0.1) is 31.8 Å². The van der Waals surface area contributed by atoms with Crippen LogP contribution in [0.25, 0.3) is 5.70 Å². The van der Waals surface area contributed by atoms with E-state index in [4.69, 9.17) is 37.0 Å². The number of carbonyl (C=O) groups excluding carboxylic acids is 1. The van der Waals surface area contributed by atoms with Crippen LogP contribution in [-0.4, -0.2) is 29.1 Å². The topological polar surface area (TPSA) is 109 Å². The number of ether oxygens (including phenoxy) is 1. The Labute approximate surface area is 219 Å².